The summed E-state index contributed by atoms with van der Waals surface area (Å²) in [5.74, 6) is 1.91. The lowest BCUT2D eigenvalue weighted by atomic mass is 10.2. The minimum Gasteiger partial charge on any atom is -0.464 e. The second-order valence-electron chi connectivity index (χ2n) is 8.24. The molecule has 4 rings (SSSR count). The van der Waals surface area contributed by atoms with Crippen LogP contribution in [0.4, 0.5) is 5.69 Å². The first-order valence-corrected chi connectivity index (χ1v) is 10.6. The zero-order valence-corrected chi connectivity index (χ0v) is 17.8. The monoisotopic (exact) mass is 410 g/mol. The lowest BCUT2D eigenvalue weighted by Crippen LogP contribution is -2.52. The van der Waals surface area contributed by atoms with Crippen molar-refractivity contribution in [3.63, 3.8) is 0 Å². The van der Waals surface area contributed by atoms with E-state index in [4.69, 9.17) is 4.42 Å². The Morgan fingerprint density at radius 1 is 0.967 bits per heavy atom. The number of hydrogen-bond donors (Lipinski definition) is 0. The molecule has 0 bridgehead atoms. The van der Waals surface area contributed by atoms with Gasteiger partial charge in [0.15, 0.2) is 0 Å². The van der Waals surface area contributed by atoms with Crippen molar-refractivity contribution in [3.05, 3.63) is 53.5 Å². The summed E-state index contributed by atoms with van der Waals surface area (Å²) in [7, 11) is 1.81. The van der Waals surface area contributed by atoms with Crippen molar-refractivity contribution < 1.29 is 14.0 Å². The molecule has 2 amide bonds. The van der Waals surface area contributed by atoms with Gasteiger partial charge in [0.25, 0.3) is 0 Å². The van der Waals surface area contributed by atoms with Crippen LogP contribution >= 0.6 is 0 Å². The van der Waals surface area contributed by atoms with Crippen molar-refractivity contribution in [2.24, 2.45) is 0 Å². The minimum absolute atomic E-state index is 0.0854. The number of anilines is 1. The van der Waals surface area contributed by atoms with E-state index < -0.39 is 0 Å². The second kappa shape index (κ2) is 9.02. The molecule has 1 saturated heterocycles. The fourth-order valence-electron chi connectivity index (χ4n) is 4.18. The van der Waals surface area contributed by atoms with Crippen molar-refractivity contribution in [2.75, 3.05) is 57.8 Å². The van der Waals surface area contributed by atoms with E-state index in [0.717, 1.165) is 56.4 Å². The first-order chi connectivity index (χ1) is 14.5. The number of rotatable bonds is 6. The molecular weight excluding hydrogens is 380 g/mol. The molecule has 7 nitrogen and oxygen atoms in total. The normalized spacial score (nSPS) is 17.2. The molecule has 0 atom stereocenters. The summed E-state index contributed by atoms with van der Waals surface area (Å²) in [5.41, 5.74) is 2.31. The highest BCUT2D eigenvalue weighted by Crippen LogP contribution is 2.27. The molecule has 2 aromatic rings. The molecule has 0 unspecified atom stereocenters. The number of furan rings is 1. The zero-order chi connectivity index (χ0) is 21.1. The fourth-order valence-corrected chi connectivity index (χ4v) is 4.18. The van der Waals surface area contributed by atoms with Crippen LogP contribution in [-0.4, -0.2) is 79.4 Å². The highest BCUT2D eigenvalue weighted by atomic mass is 16.3. The van der Waals surface area contributed by atoms with E-state index in [1.807, 2.05) is 49.2 Å². The van der Waals surface area contributed by atoms with Gasteiger partial charge in [0, 0.05) is 45.5 Å². The van der Waals surface area contributed by atoms with E-state index in [0.29, 0.717) is 19.6 Å². The number of para-hydroxylation sites is 1. The first-order valence-electron chi connectivity index (χ1n) is 10.6. The number of piperazine rings is 1. The lowest BCUT2D eigenvalue weighted by molar-refractivity contribution is -0.132. The summed E-state index contributed by atoms with van der Waals surface area (Å²) in [6.45, 7) is 7.19. The van der Waals surface area contributed by atoms with Gasteiger partial charge >= 0.3 is 0 Å². The third-order valence-electron chi connectivity index (χ3n) is 5.99. The predicted octanol–water partition coefficient (Wildman–Crippen LogP) is 1.75. The standard InChI is InChI=1S/C23H30N4O3/c1-18-7-8-20(30-18)15-24(2)22(28)16-25-11-13-26(14-12-25)17-23(29)27-10-9-19-5-3-4-6-21(19)27/h3-8H,9-17H2,1-2H3. The highest BCUT2D eigenvalue weighted by Gasteiger charge is 2.27. The van der Waals surface area contributed by atoms with Crippen molar-refractivity contribution in [2.45, 2.75) is 19.9 Å². The molecular formula is C23H30N4O3. The van der Waals surface area contributed by atoms with Crippen molar-refractivity contribution in [1.29, 1.82) is 0 Å². The summed E-state index contributed by atoms with van der Waals surface area (Å²) in [6, 6.07) is 12.0. The number of nitrogens with zero attached hydrogens (tertiary/aromatic N) is 4. The van der Waals surface area contributed by atoms with Crippen molar-refractivity contribution in [1.82, 2.24) is 14.7 Å². The molecule has 1 fully saturated rings. The molecule has 0 aliphatic carbocycles. The maximum Gasteiger partial charge on any atom is 0.241 e. The van der Waals surface area contributed by atoms with Crippen LogP contribution in [0.3, 0.4) is 0 Å². The maximum absolute atomic E-state index is 12.8. The van der Waals surface area contributed by atoms with Crippen LogP contribution in [0.5, 0.6) is 0 Å². The Kier molecular flexibility index (Phi) is 6.20. The van der Waals surface area contributed by atoms with Crippen LogP contribution in [0.1, 0.15) is 17.1 Å². The Morgan fingerprint density at radius 3 is 2.37 bits per heavy atom. The van der Waals surface area contributed by atoms with Crippen molar-refractivity contribution >= 4 is 17.5 Å². The topological polar surface area (TPSA) is 60.2 Å². The van der Waals surface area contributed by atoms with Gasteiger partial charge < -0.3 is 14.2 Å². The number of hydrogen-bond acceptors (Lipinski definition) is 5. The summed E-state index contributed by atoms with van der Waals surface area (Å²) < 4.78 is 5.56. The number of amides is 2. The van der Waals surface area contributed by atoms with Gasteiger partial charge in [-0.15, -0.1) is 0 Å². The molecule has 0 saturated carbocycles. The Balaban J connectivity index is 1.21. The number of likely N-dealkylation sites (N-methyl/N-ethyl adjacent to an activating group) is 1. The fraction of sp³-hybridized carbons (Fsp3) is 0.478. The minimum atomic E-state index is 0.0854. The van der Waals surface area contributed by atoms with Crippen LogP contribution in [-0.2, 0) is 22.6 Å². The van der Waals surface area contributed by atoms with Gasteiger partial charge in [0.05, 0.1) is 19.6 Å². The molecule has 3 heterocycles. The Morgan fingerprint density at radius 2 is 1.67 bits per heavy atom. The predicted molar refractivity (Wildman–Crippen MR) is 115 cm³/mol. The summed E-state index contributed by atoms with van der Waals surface area (Å²) in [4.78, 5) is 33.3. The van der Waals surface area contributed by atoms with Crippen LogP contribution in [0.15, 0.2) is 40.8 Å². The van der Waals surface area contributed by atoms with Crippen molar-refractivity contribution in [3.8, 4) is 0 Å². The molecule has 160 valence electrons. The Hall–Kier alpha value is -2.64. The van der Waals surface area contributed by atoms with Gasteiger partial charge in [-0.25, -0.2) is 0 Å². The summed E-state index contributed by atoms with van der Waals surface area (Å²) in [6.07, 6.45) is 0.933. The van der Waals surface area contributed by atoms with E-state index in [2.05, 4.69) is 15.9 Å². The molecule has 0 N–H and O–H groups in total. The maximum atomic E-state index is 12.8. The van der Waals surface area contributed by atoms with Gasteiger partial charge in [-0.1, -0.05) is 18.2 Å². The second-order valence-corrected chi connectivity index (χ2v) is 8.24. The number of carbonyl (C=O) groups is 2. The lowest BCUT2D eigenvalue weighted by Gasteiger charge is -2.35. The van der Waals surface area contributed by atoms with Crippen LogP contribution in [0.2, 0.25) is 0 Å². The van der Waals surface area contributed by atoms with Gasteiger partial charge in [-0.2, -0.15) is 0 Å². The number of benzene rings is 1. The number of aryl methyl sites for hydroxylation is 1. The molecule has 0 radical (unpaired) electrons. The van der Waals surface area contributed by atoms with Crippen LogP contribution < -0.4 is 4.90 Å². The molecule has 2 aliphatic heterocycles. The average molecular weight is 411 g/mol. The Labute approximate surface area is 177 Å². The first kappa shape index (κ1) is 20.6. The third kappa shape index (κ3) is 4.74. The molecule has 1 aromatic carbocycles. The van der Waals surface area contributed by atoms with E-state index in [1.54, 1.807) is 4.90 Å². The zero-order valence-electron chi connectivity index (χ0n) is 17.8. The summed E-state index contributed by atoms with van der Waals surface area (Å²) >= 11 is 0. The smallest absolute Gasteiger partial charge is 0.241 e. The quantitative estimate of drug-likeness (QED) is 0.726. The van der Waals surface area contributed by atoms with Crippen LogP contribution in [0, 0.1) is 6.92 Å². The van der Waals surface area contributed by atoms with Gasteiger partial charge in [0.1, 0.15) is 11.5 Å². The Bertz CT molecular complexity index is 901. The molecule has 2 aliphatic rings. The van der Waals surface area contributed by atoms with Crippen LogP contribution in [0.25, 0.3) is 0 Å². The van der Waals surface area contributed by atoms with E-state index in [1.165, 1.54) is 5.56 Å². The molecule has 7 heteroatoms. The largest absolute Gasteiger partial charge is 0.464 e. The van der Waals surface area contributed by atoms with Gasteiger partial charge in [0.2, 0.25) is 11.8 Å². The molecule has 0 spiro atoms. The highest BCUT2D eigenvalue weighted by molar-refractivity contribution is 5.96. The van der Waals surface area contributed by atoms with E-state index in [-0.39, 0.29) is 11.8 Å². The van der Waals surface area contributed by atoms with E-state index >= 15 is 0 Å². The third-order valence-corrected chi connectivity index (χ3v) is 5.99. The van der Waals surface area contributed by atoms with Gasteiger partial charge in [-0.05, 0) is 37.1 Å². The van der Waals surface area contributed by atoms with E-state index in [9.17, 15) is 9.59 Å². The number of fused-ring (bicyclic) bond motifs is 1. The molecule has 30 heavy (non-hydrogen) atoms. The summed E-state index contributed by atoms with van der Waals surface area (Å²) in [5, 5.41) is 0. The SMILES string of the molecule is Cc1ccc(CN(C)C(=O)CN2CCN(CC(=O)N3CCc4ccccc43)CC2)o1. The number of carbonyl (C=O) groups excluding carboxylic acids is 2. The molecule has 1 aromatic heterocycles. The average Bonchev–Trinajstić information content (AvgIpc) is 3.35. The van der Waals surface area contributed by atoms with Gasteiger partial charge in [-0.3, -0.25) is 19.4 Å².